The number of hydrogen-bond donors (Lipinski definition) is 2. The Balaban J connectivity index is 1.75. The number of carbonyl (C=O) groups is 2. The van der Waals surface area contributed by atoms with Gasteiger partial charge in [-0.25, -0.2) is 5.10 Å². The number of hydrogen-bond acceptors (Lipinski definition) is 5. The first-order valence-corrected chi connectivity index (χ1v) is 10.7. The smallest absolute Gasteiger partial charge is 0.303 e. The first-order valence-electron chi connectivity index (χ1n) is 10.7. The number of carboxylic acids is 1. The summed E-state index contributed by atoms with van der Waals surface area (Å²) in [6.07, 6.45) is 1.01. The number of benzene rings is 2. The third-order valence-electron chi connectivity index (χ3n) is 5.27. The summed E-state index contributed by atoms with van der Waals surface area (Å²) in [6, 6.07) is 16.0. The molecule has 0 radical (unpaired) electrons. The first kappa shape index (κ1) is 23.1. The fraction of sp³-hybridized carbons (Fsp3) is 0.375. The molecule has 0 spiro atoms. The van der Waals surface area contributed by atoms with Crippen LogP contribution in [0.3, 0.4) is 0 Å². The van der Waals surface area contributed by atoms with Crippen LogP contribution in [0.4, 0.5) is 0 Å². The Morgan fingerprint density at radius 3 is 2.31 bits per heavy atom. The molecular formula is C24H29N5O3. The normalized spacial score (nSPS) is 11.3. The number of nitrogens with zero attached hydrogens (tertiary/aromatic N) is 4. The molecule has 0 unspecified atom stereocenters. The Hall–Kier alpha value is -3.55. The van der Waals surface area contributed by atoms with E-state index >= 15 is 0 Å². The van der Waals surface area contributed by atoms with Crippen LogP contribution in [0.1, 0.15) is 45.6 Å². The van der Waals surface area contributed by atoms with E-state index in [1.807, 2.05) is 74.2 Å². The number of rotatable bonds is 10. The third-order valence-corrected chi connectivity index (χ3v) is 5.27. The fourth-order valence-corrected chi connectivity index (χ4v) is 3.78. The van der Waals surface area contributed by atoms with Gasteiger partial charge in [-0.05, 0) is 39.0 Å². The van der Waals surface area contributed by atoms with E-state index in [1.165, 1.54) is 0 Å². The highest BCUT2D eigenvalue weighted by Crippen LogP contribution is 2.30. The second-order valence-electron chi connectivity index (χ2n) is 8.72. The predicted molar refractivity (Wildman–Crippen MR) is 121 cm³/mol. The summed E-state index contributed by atoms with van der Waals surface area (Å²) in [7, 11) is 0. The molecule has 1 heterocycles. The average Bonchev–Trinajstić information content (AvgIpc) is 3.27. The van der Waals surface area contributed by atoms with E-state index in [4.69, 9.17) is 5.11 Å². The van der Waals surface area contributed by atoms with Crippen molar-refractivity contribution in [2.24, 2.45) is 5.41 Å². The number of tetrazole rings is 1. The van der Waals surface area contributed by atoms with Crippen molar-refractivity contribution in [2.75, 3.05) is 6.54 Å². The van der Waals surface area contributed by atoms with Crippen LogP contribution in [0, 0.1) is 5.41 Å². The monoisotopic (exact) mass is 435 g/mol. The second kappa shape index (κ2) is 10.2. The Bertz CT molecular complexity index is 1050. The highest BCUT2D eigenvalue weighted by atomic mass is 16.4. The molecular weight excluding hydrogens is 406 g/mol. The average molecular weight is 436 g/mol. The van der Waals surface area contributed by atoms with Crippen molar-refractivity contribution in [1.82, 2.24) is 25.5 Å². The van der Waals surface area contributed by atoms with Gasteiger partial charge in [0.1, 0.15) is 0 Å². The molecule has 3 aromatic rings. The molecule has 8 heteroatoms. The van der Waals surface area contributed by atoms with Gasteiger partial charge in [0.2, 0.25) is 5.91 Å². The van der Waals surface area contributed by atoms with Crippen LogP contribution in [0.2, 0.25) is 0 Å². The summed E-state index contributed by atoms with van der Waals surface area (Å²) < 4.78 is 0. The molecule has 168 valence electrons. The summed E-state index contributed by atoms with van der Waals surface area (Å²) in [5, 5.41) is 23.3. The lowest BCUT2D eigenvalue weighted by atomic mass is 9.85. The topological polar surface area (TPSA) is 112 Å². The molecule has 1 amide bonds. The molecule has 0 bridgehead atoms. The molecule has 0 saturated carbocycles. The SMILES string of the molecule is CCCN(Cc1ccc(-c2ccccc2-c2nnn[nH]2)cc1)C(=O)CC(C)(C)CC(=O)O. The van der Waals surface area contributed by atoms with Gasteiger partial charge in [-0.2, -0.15) is 0 Å². The second-order valence-corrected chi connectivity index (χ2v) is 8.72. The third kappa shape index (κ3) is 6.00. The molecule has 3 rings (SSSR count). The van der Waals surface area contributed by atoms with Gasteiger partial charge in [0, 0.05) is 25.1 Å². The van der Waals surface area contributed by atoms with E-state index in [2.05, 4.69) is 20.6 Å². The molecule has 0 saturated heterocycles. The Morgan fingerprint density at radius 2 is 1.72 bits per heavy atom. The number of aromatic nitrogens is 4. The standard InChI is InChI=1S/C24H29N5O3/c1-4-13-29(21(30)14-24(2,3)15-22(31)32)16-17-9-11-18(12-10-17)19-7-5-6-8-20(19)23-25-27-28-26-23/h5-12H,4,13-16H2,1-3H3,(H,31,32)(H,25,26,27,28). The molecule has 32 heavy (non-hydrogen) atoms. The molecule has 0 aliphatic rings. The molecule has 0 fully saturated rings. The van der Waals surface area contributed by atoms with Crippen LogP contribution in [-0.4, -0.2) is 49.1 Å². The summed E-state index contributed by atoms with van der Waals surface area (Å²) in [4.78, 5) is 25.8. The van der Waals surface area contributed by atoms with Crippen LogP contribution in [0.15, 0.2) is 48.5 Å². The minimum absolute atomic E-state index is 0.0228. The Morgan fingerprint density at radius 1 is 1.03 bits per heavy atom. The van der Waals surface area contributed by atoms with Crippen LogP contribution in [0.25, 0.3) is 22.5 Å². The van der Waals surface area contributed by atoms with Gasteiger partial charge in [-0.15, -0.1) is 5.10 Å². The van der Waals surface area contributed by atoms with Crippen LogP contribution < -0.4 is 0 Å². The van der Waals surface area contributed by atoms with E-state index < -0.39 is 11.4 Å². The van der Waals surface area contributed by atoms with E-state index in [-0.39, 0.29) is 18.7 Å². The number of aromatic amines is 1. The van der Waals surface area contributed by atoms with E-state index in [0.29, 0.717) is 18.9 Å². The molecule has 2 aromatic carbocycles. The van der Waals surface area contributed by atoms with Gasteiger partial charge in [0.25, 0.3) is 0 Å². The molecule has 0 aliphatic carbocycles. The number of carbonyl (C=O) groups excluding carboxylic acids is 1. The summed E-state index contributed by atoms with van der Waals surface area (Å²) in [5.41, 5.74) is 3.38. The predicted octanol–water partition coefficient (Wildman–Crippen LogP) is 4.16. The van der Waals surface area contributed by atoms with Crippen LogP contribution >= 0.6 is 0 Å². The maximum absolute atomic E-state index is 12.9. The highest BCUT2D eigenvalue weighted by Gasteiger charge is 2.27. The molecule has 1 aromatic heterocycles. The lowest BCUT2D eigenvalue weighted by Gasteiger charge is -2.28. The van der Waals surface area contributed by atoms with Gasteiger partial charge in [0.05, 0.1) is 6.42 Å². The number of amides is 1. The van der Waals surface area contributed by atoms with Crippen molar-refractivity contribution in [3.63, 3.8) is 0 Å². The van der Waals surface area contributed by atoms with E-state index in [1.54, 1.807) is 0 Å². The Labute approximate surface area is 187 Å². The van der Waals surface area contributed by atoms with Gasteiger partial charge in [-0.3, -0.25) is 9.59 Å². The molecule has 0 atom stereocenters. The van der Waals surface area contributed by atoms with Crippen molar-refractivity contribution in [3.05, 3.63) is 54.1 Å². The van der Waals surface area contributed by atoms with Crippen LogP contribution in [-0.2, 0) is 16.1 Å². The lowest BCUT2D eigenvalue weighted by molar-refractivity contribution is -0.140. The minimum Gasteiger partial charge on any atom is -0.481 e. The maximum Gasteiger partial charge on any atom is 0.303 e. The zero-order valence-corrected chi connectivity index (χ0v) is 18.7. The van der Waals surface area contributed by atoms with Gasteiger partial charge >= 0.3 is 5.97 Å². The summed E-state index contributed by atoms with van der Waals surface area (Å²) in [6.45, 7) is 6.79. The van der Waals surface area contributed by atoms with Crippen molar-refractivity contribution in [3.8, 4) is 22.5 Å². The zero-order valence-electron chi connectivity index (χ0n) is 18.7. The van der Waals surface area contributed by atoms with Crippen molar-refractivity contribution < 1.29 is 14.7 Å². The largest absolute Gasteiger partial charge is 0.481 e. The Kier molecular flexibility index (Phi) is 7.35. The maximum atomic E-state index is 12.9. The van der Waals surface area contributed by atoms with Crippen LogP contribution in [0.5, 0.6) is 0 Å². The van der Waals surface area contributed by atoms with Crippen molar-refractivity contribution in [2.45, 2.75) is 46.6 Å². The zero-order chi connectivity index (χ0) is 23.1. The lowest BCUT2D eigenvalue weighted by Crippen LogP contribution is -2.35. The number of H-pyrrole nitrogens is 1. The van der Waals surface area contributed by atoms with Crippen molar-refractivity contribution >= 4 is 11.9 Å². The quantitative estimate of drug-likeness (QED) is 0.494. The summed E-state index contributed by atoms with van der Waals surface area (Å²) >= 11 is 0. The fourth-order valence-electron chi connectivity index (χ4n) is 3.78. The van der Waals surface area contributed by atoms with Gasteiger partial charge in [0.15, 0.2) is 5.82 Å². The molecule has 2 N–H and O–H groups in total. The number of carboxylic acid groups (broad SMARTS) is 1. The van der Waals surface area contributed by atoms with E-state index in [0.717, 1.165) is 28.7 Å². The number of nitrogens with one attached hydrogen (secondary N) is 1. The highest BCUT2D eigenvalue weighted by molar-refractivity contribution is 5.80. The van der Waals surface area contributed by atoms with E-state index in [9.17, 15) is 9.59 Å². The first-order chi connectivity index (χ1) is 15.3. The molecule has 0 aliphatic heterocycles. The van der Waals surface area contributed by atoms with Crippen molar-refractivity contribution in [1.29, 1.82) is 0 Å². The van der Waals surface area contributed by atoms with Gasteiger partial charge in [-0.1, -0.05) is 69.3 Å². The number of aliphatic carboxylic acids is 1. The molecule has 8 nitrogen and oxygen atoms in total. The van der Waals surface area contributed by atoms with Gasteiger partial charge < -0.3 is 10.0 Å². The minimum atomic E-state index is -0.887. The summed E-state index contributed by atoms with van der Waals surface area (Å²) in [5.74, 6) is -0.305.